The summed E-state index contributed by atoms with van der Waals surface area (Å²) in [4.78, 5) is 10.5. The summed E-state index contributed by atoms with van der Waals surface area (Å²) in [7, 11) is 0. The average molecular weight is 271 g/mol. The molecule has 0 amide bonds. The molecule has 0 unspecified atom stereocenters. The fraction of sp³-hybridized carbons (Fsp3) is 0.222. The third-order valence-electron chi connectivity index (χ3n) is 1.70. The SMILES string of the molecule is Cl.N[C@H](Cc1cc(Cl)cc(Cl)c1)C(=O)O. The molecule has 3 nitrogen and oxygen atoms in total. The third-order valence-corrected chi connectivity index (χ3v) is 2.13. The van der Waals surface area contributed by atoms with Crippen LogP contribution in [0.4, 0.5) is 0 Å². The maximum absolute atomic E-state index is 10.5. The maximum Gasteiger partial charge on any atom is 0.320 e. The fourth-order valence-corrected chi connectivity index (χ4v) is 1.64. The van der Waals surface area contributed by atoms with Crippen molar-refractivity contribution in [2.24, 2.45) is 5.73 Å². The molecule has 0 radical (unpaired) electrons. The molecule has 0 aliphatic carbocycles. The van der Waals surface area contributed by atoms with Crippen molar-refractivity contribution in [3.8, 4) is 0 Å². The molecule has 0 bridgehead atoms. The Morgan fingerprint density at radius 3 is 2.20 bits per heavy atom. The predicted molar refractivity (Wildman–Crippen MR) is 63.0 cm³/mol. The van der Waals surface area contributed by atoms with Crippen LogP contribution in [0.3, 0.4) is 0 Å². The van der Waals surface area contributed by atoms with Gasteiger partial charge in [0.05, 0.1) is 0 Å². The van der Waals surface area contributed by atoms with Crippen molar-refractivity contribution in [1.29, 1.82) is 0 Å². The molecular weight excluding hydrogens is 260 g/mol. The first-order chi connectivity index (χ1) is 6.49. The summed E-state index contributed by atoms with van der Waals surface area (Å²) in [6.07, 6.45) is 0.218. The Kier molecular flexibility index (Phi) is 5.98. The van der Waals surface area contributed by atoms with E-state index in [2.05, 4.69) is 0 Å². The summed E-state index contributed by atoms with van der Waals surface area (Å²) < 4.78 is 0. The van der Waals surface area contributed by atoms with Crippen LogP contribution in [-0.4, -0.2) is 17.1 Å². The molecule has 1 aromatic carbocycles. The van der Waals surface area contributed by atoms with Crippen LogP contribution in [0.2, 0.25) is 10.0 Å². The van der Waals surface area contributed by atoms with E-state index >= 15 is 0 Å². The van der Waals surface area contributed by atoms with Gasteiger partial charge in [-0.3, -0.25) is 4.79 Å². The second-order valence-corrected chi connectivity index (χ2v) is 3.80. The van der Waals surface area contributed by atoms with Gasteiger partial charge < -0.3 is 10.8 Å². The lowest BCUT2D eigenvalue weighted by molar-refractivity contribution is -0.138. The smallest absolute Gasteiger partial charge is 0.320 e. The topological polar surface area (TPSA) is 63.3 Å². The van der Waals surface area contributed by atoms with Crippen LogP contribution in [0, 0.1) is 0 Å². The lowest BCUT2D eigenvalue weighted by atomic mass is 10.1. The van der Waals surface area contributed by atoms with E-state index in [4.69, 9.17) is 34.0 Å². The molecule has 0 aliphatic rings. The van der Waals surface area contributed by atoms with Gasteiger partial charge in [-0.25, -0.2) is 0 Å². The van der Waals surface area contributed by atoms with Crippen LogP contribution in [0.1, 0.15) is 5.56 Å². The highest BCUT2D eigenvalue weighted by atomic mass is 35.5. The van der Waals surface area contributed by atoms with Gasteiger partial charge in [0, 0.05) is 10.0 Å². The summed E-state index contributed by atoms with van der Waals surface area (Å²) in [5, 5.41) is 9.54. The Bertz CT molecular complexity index is 337. The molecule has 15 heavy (non-hydrogen) atoms. The Balaban J connectivity index is 0.00000196. The van der Waals surface area contributed by atoms with Crippen LogP contribution in [0.5, 0.6) is 0 Å². The second kappa shape index (κ2) is 6.18. The summed E-state index contributed by atoms with van der Waals surface area (Å²) in [5.41, 5.74) is 6.08. The highest BCUT2D eigenvalue weighted by Crippen LogP contribution is 2.19. The van der Waals surface area contributed by atoms with E-state index in [0.29, 0.717) is 10.0 Å². The van der Waals surface area contributed by atoms with Gasteiger partial charge in [-0.1, -0.05) is 23.2 Å². The predicted octanol–water partition coefficient (Wildman–Crippen LogP) is 2.37. The van der Waals surface area contributed by atoms with Crippen LogP contribution in [0.15, 0.2) is 18.2 Å². The Hall–Kier alpha value is -0.480. The number of carbonyl (C=O) groups is 1. The number of hydrogen-bond donors (Lipinski definition) is 2. The molecule has 0 saturated carbocycles. The van der Waals surface area contributed by atoms with E-state index in [1.807, 2.05) is 0 Å². The number of carboxylic acid groups (broad SMARTS) is 1. The Morgan fingerprint density at radius 2 is 1.80 bits per heavy atom. The molecule has 0 spiro atoms. The van der Waals surface area contributed by atoms with Crippen molar-refractivity contribution >= 4 is 41.6 Å². The fourth-order valence-electron chi connectivity index (χ4n) is 1.07. The molecule has 0 saturated heterocycles. The standard InChI is InChI=1S/C9H9Cl2NO2.ClH/c10-6-1-5(2-7(11)4-6)3-8(12)9(13)14;/h1-2,4,8H,3,12H2,(H,13,14);1H/t8-;/m1./s1. The summed E-state index contributed by atoms with van der Waals surface area (Å²) in [5.74, 6) is -1.04. The van der Waals surface area contributed by atoms with E-state index < -0.39 is 12.0 Å². The van der Waals surface area contributed by atoms with Crippen LogP contribution in [0.25, 0.3) is 0 Å². The summed E-state index contributed by atoms with van der Waals surface area (Å²) in [6.45, 7) is 0. The maximum atomic E-state index is 10.5. The summed E-state index contributed by atoms with van der Waals surface area (Å²) in [6, 6.07) is 3.95. The van der Waals surface area contributed by atoms with Crippen molar-refractivity contribution in [2.75, 3.05) is 0 Å². The number of halogens is 3. The number of aliphatic carboxylic acids is 1. The molecule has 1 aromatic rings. The molecule has 84 valence electrons. The van der Waals surface area contributed by atoms with E-state index in [1.165, 1.54) is 0 Å². The molecule has 1 atom stereocenters. The van der Waals surface area contributed by atoms with Crippen molar-refractivity contribution < 1.29 is 9.90 Å². The molecule has 1 rings (SSSR count). The van der Waals surface area contributed by atoms with Gasteiger partial charge in [-0.15, -0.1) is 12.4 Å². The minimum absolute atomic E-state index is 0. The normalized spacial score (nSPS) is 11.7. The van der Waals surface area contributed by atoms with Crippen molar-refractivity contribution in [3.63, 3.8) is 0 Å². The Morgan fingerprint density at radius 1 is 1.33 bits per heavy atom. The summed E-state index contributed by atoms with van der Waals surface area (Å²) >= 11 is 11.5. The molecule has 0 heterocycles. The largest absolute Gasteiger partial charge is 0.480 e. The molecule has 0 aliphatic heterocycles. The molecular formula is C9H10Cl3NO2. The van der Waals surface area contributed by atoms with Crippen molar-refractivity contribution in [3.05, 3.63) is 33.8 Å². The lowest BCUT2D eigenvalue weighted by Gasteiger charge is -2.06. The van der Waals surface area contributed by atoms with Gasteiger partial charge in [0.15, 0.2) is 0 Å². The zero-order chi connectivity index (χ0) is 10.7. The van der Waals surface area contributed by atoms with Crippen molar-refractivity contribution in [1.82, 2.24) is 0 Å². The minimum Gasteiger partial charge on any atom is -0.480 e. The van der Waals surface area contributed by atoms with Gasteiger partial charge in [-0.2, -0.15) is 0 Å². The minimum atomic E-state index is -1.04. The third kappa shape index (κ3) is 4.71. The quantitative estimate of drug-likeness (QED) is 0.886. The van der Waals surface area contributed by atoms with Gasteiger partial charge in [-0.05, 0) is 30.2 Å². The highest BCUT2D eigenvalue weighted by Gasteiger charge is 2.12. The first-order valence-corrected chi connectivity index (χ1v) is 4.68. The number of benzene rings is 1. The van der Waals surface area contributed by atoms with Crippen molar-refractivity contribution in [2.45, 2.75) is 12.5 Å². The van der Waals surface area contributed by atoms with Gasteiger partial charge in [0.25, 0.3) is 0 Å². The van der Waals surface area contributed by atoms with E-state index in [9.17, 15) is 4.79 Å². The highest BCUT2D eigenvalue weighted by molar-refractivity contribution is 6.34. The first kappa shape index (κ1) is 14.5. The monoisotopic (exact) mass is 269 g/mol. The van der Waals surface area contributed by atoms with Gasteiger partial charge in [0.2, 0.25) is 0 Å². The van der Waals surface area contributed by atoms with Gasteiger partial charge >= 0.3 is 5.97 Å². The van der Waals surface area contributed by atoms with Crippen LogP contribution < -0.4 is 5.73 Å². The van der Waals surface area contributed by atoms with E-state index in [1.54, 1.807) is 18.2 Å². The average Bonchev–Trinajstić information content (AvgIpc) is 2.01. The Labute approximate surface area is 104 Å². The molecule has 6 heteroatoms. The number of carboxylic acids is 1. The van der Waals surface area contributed by atoms with E-state index in [0.717, 1.165) is 5.56 Å². The number of rotatable bonds is 3. The molecule has 0 aromatic heterocycles. The molecule has 0 fully saturated rings. The van der Waals surface area contributed by atoms with Gasteiger partial charge in [0.1, 0.15) is 6.04 Å². The zero-order valence-electron chi connectivity index (χ0n) is 7.61. The van der Waals surface area contributed by atoms with Crippen LogP contribution in [-0.2, 0) is 11.2 Å². The lowest BCUT2D eigenvalue weighted by Crippen LogP contribution is -2.32. The van der Waals surface area contributed by atoms with E-state index in [-0.39, 0.29) is 18.8 Å². The number of hydrogen-bond acceptors (Lipinski definition) is 2. The number of nitrogens with two attached hydrogens (primary N) is 1. The zero-order valence-corrected chi connectivity index (χ0v) is 9.94. The second-order valence-electron chi connectivity index (χ2n) is 2.93. The first-order valence-electron chi connectivity index (χ1n) is 3.92. The van der Waals surface area contributed by atoms with Crippen LogP contribution >= 0.6 is 35.6 Å². The molecule has 3 N–H and O–H groups in total.